The number of nitrogens with zero attached hydrogens (tertiary/aromatic N) is 1. The molecule has 0 bridgehead atoms. The van der Waals surface area contributed by atoms with Crippen molar-refractivity contribution in [3.63, 3.8) is 0 Å². The maximum atomic E-state index is 11.1. The summed E-state index contributed by atoms with van der Waals surface area (Å²) in [4.78, 5) is 4.39. The van der Waals surface area contributed by atoms with Gasteiger partial charge in [-0.1, -0.05) is 24.3 Å². The van der Waals surface area contributed by atoms with Crippen LogP contribution in [0.2, 0.25) is 0 Å². The Morgan fingerprint density at radius 1 is 1.05 bits per heavy atom. The fourth-order valence-electron chi connectivity index (χ4n) is 1.60. The topological polar surface area (TPSA) is 72.5 Å². The van der Waals surface area contributed by atoms with Crippen molar-refractivity contribution < 1.29 is 8.42 Å². The largest absolute Gasteiger partial charge is 0.256 e. The molecule has 2 aromatic carbocycles. The van der Waals surface area contributed by atoms with Gasteiger partial charge in [0.25, 0.3) is 0 Å². The number of rotatable bonds is 3. The maximum Gasteiger partial charge on any atom is 0.238 e. The highest BCUT2D eigenvalue weighted by molar-refractivity contribution is 7.89. The van der Waals surface area contributed by atoms with E-state index < -0.39 is 10.0 Å². The summed E-state index contributed by atoms with van der Waals surface area (Å²) in [5.41, 5.74) is 2.83. The van der Waals surface area contributed by atoms with Crippen LogP contribution in [0.4, 0.5) is 5.69 Å². The van der Waals surface area contributed by atoms with Crippen molar-refractivity contribution in [3.05, 3.63) is 59.7 Å². The first-order valence-corrected chi connectivity index (χ1v) is 7.24. The number of primary sulfonamides is 1. The molecule has 0 spiro atoms. The maximum absolute atomic E-state index is 11.1. The number of aryl methyl sites for hydroxylation is 1. The van der Waals surface area contributed by atoms with E-state index in [1.165, 1.54) is 12.1 Å². The summed E-state index contributed by atoms with van der Waals surface area (Å²) < 4.78 is 22.2. The smallest absolute Gasteiger partial charge is 0.238 e. The predicted octanol–water partition coefficient (Wildman–Crippen LogP) is 2.39. The van der Waals surface area contributed by atoms with Gasteiger partial charge in [-0.05, 0) is 42.3 Å². The summed E-state index contributed by atoms with van der Waals surface area (Å²) >= 11 is 0. The first-order valence-electron chi connectivity index (χ1n) is 5.69. The van der Waals surface area contributed by atoms with E-state index in [-0.39, 0.29) is 4.90 Å². The number of aliphatic imine (C=N–C) groups is 1. The lowest BCUT2D eigenvalue weighted by molar-refractivity contribution is 0.598. The van der Waals surface area contributed by atoms with Crippen LogP contribution in [-0.2, 0) is 10.0 Å². The third-order valence-electron chi connectivity index (χ3n) is 2.71. The monoisotopic (exact) mass is 274 g/mol. The SMILES string of the molecule is Cc1ccccc1C=Nc1ccc(S(N)(=O)=O)cc1. The number of benzene rings is 2. The van der Waals surface area contributed by atoms with Gasteiger partial charge in [0.2, 0.25) is 10.0 Å². The number of hydrogen-bond donors (Lipinski definition) is 1. The summed E-state index contributed by atoms with van der Waals surface area (Å²) in [7, 11) is -3.65. The molecule has 4 nitrogen and oxygen atoms in total. The second-order valence-corrected chi connectivity index (χ2v) is 5.72. The molecule has 0 amide bonds. The van der Waals surface area contributed by atoms with Crippen LogP contribution in [0.25, 0.3) is 0 Å². The Bertz CT molecular complexity index is 704. The highest BCUT2D eigenvalue weighted by atomic mass is 32.2. The molecular formula is C14H14N2O2S. The lowest BCUT2D eigenvalue weighted by Gasteiger charge is -2.00. The molecule has 0 aromatic heterocycles. The zero-order chi connectivity index (χ0) is 13.9. The summed E-state index contributed by atoms with van der Waals surface area (Å²) in [6.07, 6.45) is 1.75. The Hall–Kier alpha value is -1.98. The number of sulfonamides is 1. The normalized spacial score (nSPS) is 11.9. The third kappa shape index (κ3) is 3.49. The van der Waals surface area contributed by atoms with Crippen molar-refractivity contribution in [1.29, 1.82) is 0 Å². The molecule has 0 saturated heterocycles. The van der Waals surface area contributed by atoms with Crippen molar-refractivity contribution in [2.45, 2.75) is 11.8 Å². The predicted molar refractivity (Wildman–Crippen MR) is 76.2 cm³/mol. The van der Waals surface area contributed by atoms with Gasteiger partial charge in [-0.3, -0.25) is 4.99 Å². The van der Waals surface area contributed by atoms with Crippen LogP contribution in [-0.4, -0.2) is 14.6 Å². The molecule has 2 aromatic rings. The third-order valence-corrected chi connectivity index (χ3v) is 3.64. The van der Waals surface area contributed by atoms with Gasteiger partial charge in [-0.25, -0.2) is 13.6 Å². The minimum Gasteiger partial charge on any atom is -0.256 e. The van der Waals surface area contributed by atoms with Crippen LogP contribution < -0.4 is 5.14 Å². The molecule has 0 fully saturated rings. The molecule has 0 unspecified atom stereocenters. The zero-order valence-corrected chi connectivity index (χ0v) is 11.3. The van der Waals surface area contributed by atoms with Crippen LogP contribution in [0, 0.1) is 6.92 Å². The molecule has 2 N–H and O–H groups in total. The van der Waals surface area contributed by atoms with Crippen molar-refractivity contribution in [2.75, 3.05) is 0 Å². The molecule has 2 rings (SSSR count). The first-order chi connectivity index (χ1) is 8.97. The Kier molecular flexibility index (Phi) is 3.78. The van der Waals surface area contributed by atoms with E-state index in [1.807, 2.05) is 31.2 Å². The minimum atomic E-state index is -3.65. The van der Waals surface area contributed by atoms with Crippen LogP contribution in [0.15, 0.2) is 58.4 Å². The number of hydrogen-bond acceptors (Lipinski definition) is 3. The van der Waals surface area contributed by atoms with E-state index >= 15 is 0 Å². The second kappa shape index (κ2) is 5.34. The standard InChI is InChI=1S/C14H14N2O2S/c1-11-4-2-3-5-12(11)10-16-13-6-8-14(9-7-13)19(15,17)18/h2-10H,1H3,(H2,15,17,18). The lowest BCUT2D eigenvalue weighted by atomic mass is 10.1. The summed E-state index contributed by atoms with van der Waals surface area (Å²) in [5.74, 6) is 0. The van der Waals surface area contributed by atoms with Crippen LogP contribution in [0.5, 0.6) is 0 Å². The molecule has 0 aliphatic heterocycles. The molecule has 98 valence electrons. The fraction of sp³-hybridized carbons (Fsp3) is 0.0714. The van der Waals surface area contributed by atoms with Gasteiger partial charge in [0.1, 0.15) is 0 Å². The molecule has 0 atom stereocenters. The number of nitrogens with two attached hydrogens (primary N) is 1. The van der Waals surface area contributed by atoms with E-state index in [0.717, 1.165) is 11.1 Å². The molecule has 0 saturated carbocycles. The van der Waals surface area contributed by atoms with Gasteiger partial charge in [-0.2, -0.15) is 0 Å². The molecule has 0 aliphatic rings. The van der Waals surface area contributed by atoms with Crippen LogP contribution >= 0.6 is 0 Å². The van der Waals surface area contributed by atoms with Gasteiger partial charge in [0.15, 0.2) is 0 Å². The molecule has 5 heteroatoms. The average Bonchev–Trinajstić information content (AvgIpc) is 2.37. The van der Waals surface area contributed by atoms with E-state index in [2.05, 4.69) is 4.99 Å². The Labute approximate surface area is 112 Å². The van der Waals surface area contributed by atoms with E-state index in [0.29, 0.717) is 5.69 Å². The van der Waals surface area contributed by atoms with Gasteiger partial charge in [0, 0.05) is 6.21 Å². The van der Waals surface area contributed by atoms with E-state index in [4.69, 9.17) is 5.14 Å². The molecule has 0 heterocycles. The van der Waals surface area contributed by atoms with Crippen LogP contribution in [0.1, 0.15) is 11.1 Å². The average molecular weight is 274 g/mol. The second-order valence-electron chi connectivity index (χ2n) is 4.15. The Balaban J connectivity index is 2.23. The van der Waals surface area contributed by atoms with Gasteiger partial charge >= 0.3 is 0 Å². The quantitative estimate of drug-likeness (QED) is 0.873. The highest BCUT2D eigenvalue weighted by Crippen LogP contribution is 2.16. The van der Waals surface area contributed by atoms with E-state index in [1.54, 1.807) is 18.3 Å². The van der Waals surface area contributed by atoms with Crippen molar-refractivity contribution in [1.82, 2.24) is 0 Å². The van der Waals surface area contributed by atoms with Gasteiger partial charge in [-0.15, -0.1) is 0 Å². The Morgan fingerprint density at radius 2 is 1.68 bits per heavy atom. The molecule has 0 radical (unpaired) electrons. The Morgan fingerprint density at radius 3 is 2.26 bits per heavy atom. The van der Waals surface area contributed by atoms with E-state index in [9.17, 15) is 8.42 Å². The van der Waals surface area contributed by atoms with Gasteiger partial charge in [0.05, 0.1) is 10.6 Å². The lowest BCUT2D eigenvalue weighted by Crippen LogP contribution is -2.11. The summed E-state index contributed by atoms with van der Waals surface area (Å²) in [6, 6.07) is 14.0. The van der Waals surface area contributed by atoms with Crippen molar-refractivity contribution >= 4 is 21.9 Å². The summed E-state index contributed by atoms with van der Waals surface area (Å²) in [6.45, 7) is 2.01. The minimum absolute atomic E-state index is 0.0855. The molecule has 19 heavy (non-hydrogen) atoms. The van der Waals surface area contributed by atoms with Crippen LogP contribution in [0.3, 0.4) is 0 Å². The fourth-order valence-corrected chi connectivity index (χ4v) is 2.11. The van der Waals surface area contributed by atoms with Crippen molar-refractivity contribution in [2.24, 2.45) is 10.1 Å². The molecule has 0 aliphatic carbocycles. The first kappa shape index (κ1) is 13.5. The summed E-state index contributed by atoms with van der Waals surface area (Å²) in [5, 5.41) is 5.03. The van der Waals surface area contributed by atoms with Gasteiger partial charge < -0.3 is 0 Å². The van der Waals surface area contributed by atoms with Crippen molar-refractivity contribution in [3.8, 4) is 0 Å². The highest BCUT2D eigenvalue weighted by Gasteiger charge is 2.05. The zero-order valence-electron chi connectivity index (χ0n) is 10.4. The molecular weight excluding hydrogens is 260 g/mol.